The van der Waals surface area contributed by atoms with Crippen molar-refractivity contribution in [3.8, 4) is 17.1 Å². The molecule has 0 spiro atoms. The first-order chi connectivity index (χ1) is 13.5. The Labute approximate surface area is 170 Å². The van der Waals surface area contributed by atoms with Crippen LogP contribution in [0.15, 0.2) is 47.6 Å². The molecule has 3 rings (SSSR count). The second-order valence-corrected chi connectivity index (χ2v) is 6.95. The van der Waals surface area contributed by atoms with Crippen molar-refractivity contribution in [3.63, 3.8) is 0 Å². The molecule has 0 bridgehead atoms. The summed E-state index contributed by atoms with van der Waals surface area (Å²) in [7, 11) is 0. The summed E-state index contributed by atoms with van der Waals surface area (Å²) in [5.74, 6) is 6.42. The molecule has 3 N–H and O–H groups in total. The molecule has 2 aromatic carbocycles. The predicted molar refractivity (Wildman–Crippen MR) is 108 cm³/mol. The number of anilines is 1. The summed E-state index contributed by atoms with van der Waals surface area (Å²) in [5, 5.41) is 11.1. The molecule has 146 valence electrons. The number of nitrogens with zero attached hydrogens (tertiary/aromatic N) is 3. The normalized spacial score (nSPS) is 10.7. The lowest BCUT2D eigenvalue weighted by atomic mass is 10.2. The van der Waals surface area contributed by atoms with Gasteiger partial charge >= 0.3 is 0 Å². The predicted octanol–water partition coefficient (Wildman–Crippen LogP) is 3.58. The number of nitrogen functional groups attached to an aromatic ring is 1. The third-order valence-corrected chi connectivity index (χ3v) is 4.84. The Bertz CT molecular complexity index is 998. The van der Waals surface area contributed by atoms with Crippen LogP contribution in [0.2, 0.25) is 5.02 Å². The molecule has 28 heavy (non-hydrogen) atoms. The van der Waals surface area contributed by atoms with E-state index in [0.29, 0.717) is 29.0 Å². The number of rotatable bonds is 7. The largest absolute Gasteiger partial charge is 0.494 e. The summed E-state index contributed by atoms with van der Waals surface area (Å²) in [5.41, 5.74) is 1.15. The fourth-order valence-corrected chi connectivity index (χ4v) is 3.20. The van der Waals surface area contributed by atoms with Crippen LogP contribution >= 0.6 is 23.4 Å². The Morgan fingerprint density at radius 1 is 1.32 bits per heavy atom. The quantitative estimate of drug-likeness (QED) is 0.447. The van der Waals surface area contributed by atoms with E-state index in [1.54, 1.807) is 0 Å². The number of hydrogen-bond acceptors (Lipinski definition) is 6. The van der Waals surface area contributed by atoms with Crippen molar-refractivity contribution in [3.05, 3.63) is 53.3 Å². The highest BCUT2D eigenvalue weighted by atomic mass is 35.5. The molecule has 10 heteroatoms. The van der Waals surface area contributed by atoms with Gasteiger partial charge < -0.3 is 15.9 Å². The molecule has 0 fully saturated rings. The summed E-state index contributed by atoms with van der Waals surface area (Å²) in [6.45, 7) is 2.45. The van der Waals surface area contributed by atoms with E-state index in [1.807, 2.05) is 31.2 Å². The van der Waals surface area contributed by atoms with Crippen molar-refractivity contribution in [1.82, 2.24) is 14.9 Å². The number of benzene rings is 2. The summed E-state index contributed by atoms with van der Waals surface area (Å²) < 4.78 is 20.0. The van der Waals surface area contributed by atoms with E-state index >= 15 is 0 Å². The van der Waals surface area contributed by atoms with Crippen LogP contribution in [0.5, 0.6) is 5.75 Å². The number of thioether (sulfide) groups is 1. The third kappa shape index (κ3) is 4.73. The van der Waals surface area contributed by atoms with Gasteiger partial charge in [-0.25, -0.2) is 9.07 Å². The van der Waals surface area contributed by atoms with Crippen molar-refractivity contribution in [2.75, 3.05) is 23.5 Å². The van der Waals surface area contributed by atoms with Crippen LogP contribution in [0.1, 0.15) is 6.92 Å². The van der Waals surface area contributed by atoms with E-state index in [0.717, 1.165) is 17.3 Å². The highest BCUT2D eigenvalue weighted by Gasteiger charge is 2.14. The number of hydrogen-bond donors (Lipinski definition) is 2. The van der Waals surface area contributed by atoms with Crippen molar-refractivity contribution in [1.29, 1.82) is 0 Å². The Kier molecular flexibility index (Phi) is 6.37. The molecule has 0 aliphatic rings. The van der Waals surface area contributed by atoms with Gasteiger partial charge in [0.1, 0.15) is 11.6 Å². The van der Waals surface area contributed by atoms with Crippen LogP contribution in [0.3, 0.4) is 0 Å². The summed E-state index contributed by atoms with van der Waals surface area (Å²) >= 11 is 6.83. The molecular weight excluding hydrogens is 405 g/mol. The molecule has 1 aromatic heterocycles. The molecule has 7 nitrogen and oxygen atoms in total. The highest BCUT2D eigenvalue weighted by Crippen LogP contribution is 2.25. The second kappa shape index (κ2) is 8.94. The van der Waals surface area contributed by atoms with Crippen LogP contribution < -0.4 is 15.9 Å². The first-order valence-corrected chi connectivity index (χ1v) is 9.65. The SMILES string of the molecule is CCOc1cccc(-c2nnc(SCC(=O)Nc3ccc(F)c(Cl)c3)n2N)c1. The average Bonchev–Trinajstić information content (AvgIpc) is 3.04. The lowest BCUT2D eigenvalue weighted by Gasteiger charge is -2.07. The van der Waals surface area contributed by atoms with Crippen molar-refractivity contribution in [2.45, 2.75) is 12.1 Å². The molecule has 0 aliphatic carbocycles. The zero-order chi connectivity index (χ0) is 20.1. The first kappa shape index (κ1) is 20.0. The summed E-state index contributed by atoms with van der Waals surface area (Å²) in [6, 6.07) is 11.3. The van der Waals surface area contributed by atoms with Gasteiger partial charge in [-0.05, 0) is 37.3 Å². The van der Waals surface area contributed by atoms with E-state index in [1.165, 1.54) is 22.9 Å². The van der Waals surface area contributed by atoms with Crippen LogP contribution in [0, 0.1) is 5.82 Å². The Hall–Kier alpha value is -2.78. The number of halogens is 2. The van der Waals surface area contributed by atoms with Gasteiger partial charge in [-0.2, -0.15) is 0 Å². The summed E-state index contributed by atoms with van der Waals surface area (Å²) in [4.78, 5) is 12.1. The Morgan fingerprint density at radius 3 is 2.89 bits per heavy atom. The standard InChI is InChI=1S/C18H17ClFN5O2S/c1-2-27-13-5-3-4-11(8-13)17-23-24-18(25(17)21)28-10-16(26)22-12-6-7-15(20)14(19)9-12/h3-9H,2,10,21H2,1H3,(H,22,26). The Morgan fingerprint density at radius 2 is 2.14 bits per heavy atom. The van der Waals surface area contributed by atoms with E-state index in [9.17, 15) is 9.18 Å². The average molecular weight is 422 g/mol. The molecule has 0 aliphatic heterocycles. The number of carbonyl (C=O) groups is 1. The third-order valence-electron chi connectivity index (χ3n) is 3.60. The lowest BCUT2D eigenvalue weighted by molar-refractivity contribution is -0.113. The van der Waals surface area contributed by atoms with Gasteiger partial charge in [-0.3, -0.25) is 4.79 Å². The molecule has 1 amide bonds. The highest BCUT2D eigenvalue weighted by molar-refractivity contribution is 7.99. The van der Waals surface area contributed by atoms with Crippen LogP contribution in [0.4, 0.5) is 10.1 Å². The zero-order valence-corrected chi connectivity index (χ0v) is 16.4. The number of amides is 1. The van der Waals surface area contributed by atoms with Crippen LogP contribution in [-0.4, -0.2) is 33.1 Å². The van der Waals surface area contributed by atoms with Crippen LogP contribution in [0.25, 0.3) is 11.4 Å². The minimum atomic E-state index is -0.550. The molecule has 1 heterocycles. The van der Waals surface area contributed by atoms with E-state index < -0.39 is 5.82 Å². The van der Waals surface area contributed by atoms with Gasteiger partial charge in [-0.15, -0.1) is 10.2 Å². The van der Waals surface area contributed by atoms with E-state index in [-0.39, 0.29) is 16.7 Å². The van der Waals surface area contributed by atoms with Gasteiger partial charge in [0, 0.05) is 11.3 Å². The van der Waals surface area contributed by atoms with Gasteiger partial charge in [-0.1, -0.05) is 35.5 Å². The molecule has 0 unspecified atom stereocenters. The fourth-order valence-electron chi connectivity index (χ4n) is 2.37. The van der Waals surface area contributed by atoms with Crippen molar-refractivity contribution in [2.24, 2.45) is 0 Å². The maximum Gasteiger partial charge on any atom is 0.234 e. The van der Waals surface area contributed by atoms with Gasteiger partial charge in [0.05, 0.1) is 17.4 Å². The first-order valence-electron chi connectivity index (χ1n) is 8.29. The number of nitrogens with one attached hydrogen (secondary N) is 1. The van der Waals surface area contributed by atoms with Crippen molar-refractivity contribution < 1.29 is 13.9 Å². The smallest absolute Gasteiger partial charge is 0.234 e. The summed E-state index contributed by atoms with van der Waals surface area (Å²) in [6.07, 6.45) is 0. The second-order valence-electron chi connectivity index (χ2n) is 5.60. The number of aromatic nitrogens is 3. The van der Waals surface area contributed by atoms with E-state index in [2.05, 4.69) is 15.5 Å². The molecule has 3 aromatic rings. The monoisotopic (exact) mass is 421 g/mol. The van der Waals surface area contributed by atoms with Gasteiger partial charge in [0.2, 0.25) is 11.1 Å². The molecule has 0 atom stereocenters. The zero-order valence-electron chi connectivity index (χ0n) is 14.9. The van der Waals surface area contributed by atoms with E-state index in [4.69, 9.17) is 22.2 Å². The number of carbonyl (C=O) groups excluding carboxylic acids is 1. The molecule has 0 saturated heterocycles. The molecular formula is C18H17ClFN5O2S. The minimum absolute atomic E-state index is 0.0450. The van der Waals surface area contributed by atoms with Crippen molar-refractivity contribution >= 4 is 35.0 Å². The lowest BCUT2D eigenvalue weighted by Crippen LogP contribution is -2.16. The maximum atomic E-state index is 13.2. The topological polar surface area (TPSA) is 95.1 Å². The Balaban J connectivity index is 1.65. The minimum Gasteiger partial charge on any atom is -0.494 e. The van der Waals surface area contributed by atoms with Gasteiger partial charge in [0.15, 0.2) is 5.82 Å². The number of ether oxygens (including phenoxy) is 1. The molecule has 0 saturated carbocycles. The fraction of sp³-hybridized carbons (Fsp3) is 0.167. The maximum absolute atomic E-state index is 13.2. The number of nitrogens with two attached hydrogens (primary N) is 1. The van der Waals surface area contributed by atoms with Crippen LogP contribution in [-0.2, 0) is 4.79 Å². The van der Waals surface area contributed by atoms with Gasteiger partial charge in [0.25, 0.3) is 0 Å². The molecule has 0 radical (unpaired) electrons.